The fourth-order valence-electron chi connectivity index (χ4n) is 6.19. The minimum Gasteiger partial charge on any atom is -0.456 e. The average Bonchev–Trinajstić information content (AvgIpc) is 3.57. The molecular weight excluding hydrogens is 520 g/mol. The van der Waals surface area contributed by atoms with Gasteiger partial charge in [0.2, 0.25) is 0 Å². The molecule has 200 valence electrons. The molecule has 8 aromatic carbocycles. The summed E-state index contributed by atoms with van der Waals surface area (Å²) >= 11 is 0. The van der Waals surface area contributed by atoms with Crippen molar-refractivity contribution >= 4 is 54.3 Å². The van der Waals surface area contributed by atoms with E-state index in [4.69, 9.17) is 18.1 Å². The van der Waals surface area contributed by atoms with E-state index >= 15 is 0 Å². The first kappa shape index (κ1) is 15.0. The predicted molar refractivity (Wildman–Crippen MR) is 183 cm³/mol. The molecule has 1 heteroatoms. The summed E-state index contributed by atoms with van der Waals surface area (Å²) in [5.74, 6) is 0. The molecule has 0 aliphatic heterocycles. The van der Waals surface area contributed by atoms with Gasteiger partial charge in [-0.2, -0.15) is 0 Å². The Kier molecular flexibility index (Phi) is 3.29. The van der Waals surface area contributed by atoms with E-state index in [0.29, 0.717) is 43.8 Å². The van der Waals surface area contributed by atoms with E-state index in [2.05, 4.69) is 0 Å². The van der Waals surface area contributed by atoms with E-state index in [1.165, 1.54) is 0 Å². The van der Waals surface area contributed by atoms with Gasteiger partial charge in [-0.25, -0.2) is 0 Å². The van der Waals surface area contributed by atoms with Gasteiger partial charge < -0.3 is 4.42 Å². The molecule has 0 radical (unpaired) electrons. The Morgan fingerprint density at radius 2 is 1.09 bits per heavy atom. The molecule has 0 aliphatic carbocycles. The van der Waals surface area contributed by atoms with Crippen molar-refractivity contribution in [3.63, 3.8) is 0 Å². The van der Waals surface area contributed by atoms with E-state index < -0.39 is 42.3 Å². The summed E-state index contributed by atoms with van der Waals surface area (Å²) in [7, 11) is 0. The van der Waals surface area contributed by atoms with E-state index in [-0.39, 0.29) is 52.1 Å². The van der Waals surface area contributed by atoms with E-state index in [0.717, 1.165) is 21.9 Å². The quantitative estimate of drug-likeness (QED) is 0.197. The van der Waals surface area contributed by atoms with Gasteiger partial charge in [-0.1, -0.05) is 133 Å². The Morgan fingerprint density at radius 1 is 0.442 bits per heavy atom. The summed E-state index contributed by atoms with van der Waals surface area (Å²) in [5.41, 5.74) is 3.72. The number of fused-ring (bicyclic) bond motifs is 6. The topological polar surface area (TPSA) is 13.1 Å². The number of hydrogen-bond acceptors (Lipinski definition) is 1. The van der Waals surface area contributed by atoms with Crippen molar-refractivity contribution in [2.75, 3.05) is 0 Å². The molecule has 1 heterocycles. The molecule has 0 fully saturated rings. The van der Waals surface area contributed by atoms with Crippen molar-refractivity contribution in [1.29, 1.82) is 0 Å². The second-order valence-electron chi connectivity index (χ2n) is 10.3. The lowest BCUT2D eigenvalue weighted by Crippen LogP contribution is -1.91. The molecule has 0 saturated heterocycles. The first-order chi connectivity index (χ1) is 26.3. The highest BCUT2D eigenvalue weighted by Crippen LogP contribution is 2.45. The van der Waals surface area contributed by atoms with Gasteiger partial charge in [-0.05, 0) is 89.9 Å². The lowest BCUT2D eigenvalue weighted by atomic mass is 9.85. The molecule has 0 spiro atoms. The van der Waals surface area contributed by atoms with Gasteiger partial charge in [-0.15, -0.1) is 0 Å². The summed E-state index contributed by atoms with van der Waals surface area (Å²) < 4.78 is 109. The third-order valence-electron chi connectivity index (χ3n) is 7.99. The zero-order valence-corrected chi connectivity index (χ0v) is 22.5. The normalized spacial score (nSPS) is 15.6. The Morgan fingerprint density at radius 3 is 1.81 bits per heavy atom. The van der Waals surface area contributed by atoms with Crippen molar-refractivity contribution in [3.8, 4) is 33.4 Å². The van der Waals surface area contributed by atoms with Gasteiger partial charge in [-0.3, -0.25) is 0 Å². The zero-order valence-electron chi connectivity index (χ0n) is 34.5. The molecule has 0 atom stereocenters. The van der Waals surface area contributed by atoms with Gasteiger partial charge in [0.1, 0.15) is 11.2 Å². The molecule has 43 heavy (non-hydrogen) atoms. The standard InChI is InChI=1S/C42H26O/c1-2-12-28(13-3-1)32-19-10-20-38-42(32)37-24-23-31(26-39(37)43-38)41-35-17-8-6-15-33(35)40(34-16-7-9-18-36(34)41)30-22-21-27-11-4-5-14-29(27)25-30/h1-26H/i1D,2D,3D,4D,5D,11D,12D,13D,14D,21D,22D,25D. The van der Waals surface area contributed by atoms with Crippen molar-refractivity contribution in [2.45, 2.75) is 0 Å². The van der Waals surface area contributed by atoms with E-state index in [9.17, 15) is 2.74 Å². The first-order valence-corrected chi connectivity index (χ1v) is 13.8. The number of rotatable bonds is 3. The third-order valence-corrected chi connectivity index (χ3v) is 7.99. The first-order valence-electron chi connectivity index (χ1n) is 19.8. The van der Waals surface area contributed by atoms with Crippen LogP contribution in [0.2, 0.25) is 0 Å². The van der Waals surface area contributed by atoms with Gasteiger partial charge >= 0.3 is 0 Å². The molecule has 0 aliphatic rings. The summed E-state index contributed by atoms with van der Waals surface area (Å²) in [6.07, 6.45) is 0. The van der Waals surface area contributed by atoms with Gasteiger partial charge in [0.05, 0.1) is 16.4 Å². The highest BCUT2D eigenvalue weighted by Gasteiger charge is 2.19. The fraction of sp³-hybridized carbons (Fsp3) is 0. The summed E-state index contributed by atoms with van der Waals surface area (Å²) in [6.45, 7) is 0. The van der Waals surface area contributed by atoms with Crippen LogP contribution in [0.5, 0.6) is 0 Å². The van der Waals surface area contributed by atoms with Crippen LogP contribution in [0.15, 0.2) is 162 Å². The average molecular weight is 559 g/mol. The van der Waals surface area contributed by atoms with Crippen molar-refractivity contribution in [1.82, 2.24) is 0 Å². The molecular formula is C42H26O. The maximum Gasteiger partial charge on any atom is 0.136 e. The van der Waals surface area contributed by atoms with Crippen molar-refractivity contribution < 1.29 is 20.9 Å². The zero-order chi connectivity index (χ0) is 38.8. The van der Waals surface area contributed by atoms with Crippen LogP contribution < -0.4 is 0 Å². The van der Waals surface area contributed by atoms with Crippen LogP contribution in [0.1, 0.15) is 16.4 Å². The largest absolute Gasteiger partial charge is 0.456 e. The number of benzene rings is 8. The Labute approximate surface area is 266 Å². The Bertz CT molecular complexity index is 3100. The van der Waals surface area contributed by atoms with Crippen LogP contribution in [0.3, 0.4) is 0 Å². The minimum atomic E-state index is -0.524. The Hall–Kier alpha value is -5.66. The van der Waals surface area contributed by atoms with Crippen molar-refractivity contribution in [2.24, 2.45) is 0 Å². The predicted octanol–water partition coefficient (Wildman–Crippen LogP) is 12.0. The molecule has 9 rings (SSSR count). The lowest BCUT2D eigenvalue weighted by molar-refractivity contribution is 0.669. The molecule has 0 bridgehead atoms. The second kappa shape index (κ2) is 9.44. The van der Waals surface area contributed by atoms with Crippen LogP contribution in [0.4, 0.5) is 0 Å². The SMILES string of the molecule is [2H]c1c([2H])c([2H])c(-c2cccc3oc4cc(-c5c6ccccc6c(-c6c([2H])c([2H])c7c([2H])c([2H])c([2H])c([2H])c7c6[2H])c6ccccc56)ccc4c23)c([2H])c1[2H]. The molecule has 0 N–H and O–H groups in total. The monoisotopic (exact) mass is 558 g/mol. The van der Waals surface area contributed by atoms with E-state index in [1.54, 1.807) is 18.2 Å². The molecule has 1 nitrogen and oxygen atoms in total. The van der Waals surface area contributed by atoms with Crippen LogP contribution in [-0.4, -0.2) is 0 Å². The van der Waals surface area contributed by atoms with Crippen LogP contribution >= 0.6 is 0 Å². The lowest BCUT2D eigenvalue weighted by Gasteiger charge is -2.18. The number of hydrogen-bond donors (Lipinski definition) is 0. The number of furan rings is 1. The maximum absolute atomic E-state index is 9.35. The summed E-state index contributed by atoms with van der Waals surface area (Å²) in [6, 6.07) is 21.2. The molecule has 0 unspecified atom stereocenters. The summed E-state index contributed by atoms with van der Waals surface area (Å²) in [5, 5.41) is 3.91. The van der Waals surface area contributed by atoms with E-state index in [1.807, 2.05) is 66.7 Å². The molecule has 0 amide bonds. The van der Waals surface area contributed by atoms with Crippen molar-refractivity contribution in [3.05, 3.63) is 157 Å². The van der Waals surface area contributed by atoms with Crippen LogP contribution in [-0.2, 0) is 0 Å². The molecule has 1 aromatic heterocycles. The fourth-order valence-corrected chi connectivity index (χ4v) is 6.19. The van der Waals surface area contributed by atoms with Crippen LogP contribution in [0.25, 0.3) is 87.6 Å². The second-order valence-corrected chi connectivity index (χ2v) is 10.3. The van der Waals surface area contributed by atoms with Gasteiger partial charge in [0.15, 0.2) is 0 Å². The maximum atomic E-state index is 9.35. The molecule has 9 aromatic rings. The molecule has 0 saturated carbocycles. The van der Waals surface area contributed by atoms with Gasteiger partial charge in [0, 0.05) is 10.8 Å². The third kappa shape index (κ3) is 3.72. The Balaban J connectivity index is 1.34. The van der Waals surface area contributed by atoms with Gasteiger partial charge in [0.25, 0.3) is 0 Å². The smallest absolute Gasteiger partial charge is 0.136 e. The highest BCUT2D eigenvalue weighted by atomic mass is 16.3. The van der Waals surface area contributed by atoms with Crippen LogP contribution in [0, 0.1) is 0 Å². The minimum absolute atomic E-state index is 0.0820. The summed E-state index contributed by atoms with van der Waals surface area (Å²) in [4.78, 5) is 0. The highest BCUT2D eigenvalue weighted by molar-refractivity contribution is 6.22.